The van der Waals surface area contributed by atoms with Crippen LogP contribution in [-0.2, 0) is 16.0 Å². The van der Waals surface area contributed by atoms with E-state index in [9.17, 15) is 9.59 Å². The monoisotopic (exact) mass is 440 g/mol. The minimum Gasteiger partial charge on any atom is -0.444 e. The largest absolute Gasteiger partial charge is 0.444 e. The lowest BCUT2D eigenvalue weighted by atomic mass is 10.0. The fourth-order valence-corrected chi connectivity index (χ4v) is 3.44. The number of aromatic nitrogens is 2. The number of anilines is 1. The van der Waals surface area contributed by atoms with Gasteiger partial charge in [-0.15, -0.1) is 11.8 Å². The Morgan fingerprint density at radius 3 is 2.58 bits per heavy atom. The van der Waals surface area contributed by atoms with Crippen LogP contribution in [0.3, 0.4) is 0 Å². The number of carbonyl (C=O) groups excluding carboxylic acids is 2. The van der Waals surface area contributed by atoms with Crippen molar-refractivity contribution in [1.82, 2.24) is 14.9 Å². The van der Waals surface area contributed by atoms with Crippen molar-refractivity contribution < 1.29 is 14.3 Å². The summed E-state index contributed by atoms with van der Waals surface area (Å²) >= 11 is 1.60. The molecule has 31 heavy (non-hydrogen) atoms. The van der Waals surface area contributed by atoms with Gasteiger partial charge in [0.15, 0.2) is 0 Å². The molecule has 2 aromatic rings. The Bertz CT molecular complexity index is 950. The van der Waals surface area contributed by atoms with Gasteiger partial charge in [-0.05, 0) is 62.8 Å². The van der Waals surface area contributed by atoms with E-state index < -0.39 is 5.60 Å². The maximum atomic E-state index is 12.4. The first kappa shape index (κ1) is 22.8. The lowest BCUT2D eigenvalue weighted by molar-refractivity contribution is -0.115. The molecule has 0 saturated heterocycles. The summed E-state index contributed by atoms with van der Waals surface area (Å²) in [6.07, 6.45) is 8.15. The van der Waals surface area contributed by atoms with E-state index in [4.69, 9.17) is 4.74 Å². The Morgan fingerprint density at radius 1 is 1.16 bits per heavy atom. The highest BCUT2D eigenvalue weighted by Gasteiger charge is 2.25. The van der Waals surface area contributed by atoms with Crippen LogP contribution in [0.1, 0.15) is 38.4 Å². The zero-order chi connectivity index (χ0) is 22.4. The molecule has 0 unspecified atom stereocenters. The van der Waals surface area contributed by atoms with Gasteiger partial charge in [0.2, 0.25) is 5.91 Å². The second kappa shape index (κ2) is 9.96. The number of hydrogen-bond donors (Lipinski definition) is 1. The van der Waals surface area contributed by atoms with Gasteiger partial charge in [0, 0.05) is 23.8 Å². The first-order valence-electron chi connectivity index (χ1n) is 10.2. The summed E-state index contributed by atoms with van der Waals surface area (Å²) in [5.74, 6) is 0.383. The number of thioether (sulfide) groups is 1. The van der Waals surface area contributed by atoms with Gasteiger partial charge in [-0.2, -0.15) is 0 Å². The molecule has 7 nitrogen and oxygen atoms in total. The van der Waals surface area contributed by atoms with Crippen LogP contribution in [0, 0.1) is 0 Å². The number of amides is 2. The second-order valence-corrected chi connectivity index (χ2v) is 9.16. The standard InChI is InChI=1S/C23H28N4O3S/c1-23(2,3)30-22(29)27-11-5-6-17(15-27)19-9-7-16(13-24-19)12-21(28)26-20-10-8-18(31-4)14-25-20/h6-10,13-14H,5,11-12,15H2,1-4H3,(H,25,26,28). The lowest BCUT2D eigenvalue weighted by Gasteiger charge is -2.30. The summed E-state index contributed by atoms with van der Waals surface area (Å²) in [7, 11) is 0. The summed E-state index contributed by atoms with van der Waals surface area (Å²) in [5, 5.41) is 2.80. The maximum absolute atomic E-state index is 12.4. The molecule has 0 radical (unpaired) electrons. The third-order valence-corrected chi connectivity index (χ3v) is 5.27. The predicted molar refractivity (Wildman–Crippen MR) is 123 cm³/mol. The molecule has 0 fully saturated rings. The minimum absolute atomic E-state index is 0.146. The van der Waals surface area contributed by atoms with Crippen LogP contribution in [0.15, 0.2) is 47.6 Å². The van der Waals surface area contributed by atoms with E-state index in [-0.39, 0.29) is 18.4 Å². The number of ether oxygens (including phenoxy) is 1. The predicted octanol–water partition coefficient (Wildman–Crippen LogP) is 4.40. The average Bonchev–Trinajstić information content (AvgIpc) is 2.73. The summed E-state index contributed by atoms with van der Waals surface area (Å²) in [6.45, 7) is 6.66. The number of nitrogens with one attached hydrogen (secondary N) is 1. The van der Waals surface area contributed by atoms with Gasteiger partial charge in [-0.1, -0.05) is 12.1 Å². The van der Waals surface area contributed by atoms with Gasteiger partial charge in [-0.3, -0.25) is 9.78 Å². The zero-order valence-corrected chi connectivity index (χ0v) is 19.2. The molecule has 1 aliphatic rings. The second-order valence-electron chi connectivity index (χ2n) is 8.28. The van der Waals surface area contributed by atoms with Crippen LogP contribution in [-0.4, -0.2) is 51.8 Å². The van der Waals surface area contributed by atoms with Gasteiger partial charge >= 0.3 is 6.09 Å². The number of pyridine rings is 2. The molecular weight excluding hydrogens is 412 g/mol. The van der Waals surface area contributed by atoms with E-state index in [1.165, 1.54) is 0 Å². The van der Waals surface area contributed by atoms with E-state index in [1.807, 2.05) is 45.2 Å². The summed E-state index contributed by atoms with van der Waals surface area (Å²) in [6, 6.07) is 7.48. The molecule has 0 saturated carbocycles. The zero-order valence-electron chi connectivity index (χ0n) is 18.3. The van der Waals surface area contributed by atoms with E-state index in [0.29, 0.717) is 18.9 Å². The normalized spacial score (nSPS) is 14.1. The highest BCUT2D eigenvalue weighted by Crippen LogP contribution is 2.21. The van der Waals surface area contributed by atoms with E-state index in [0.717, 1.165) is 28.1 Å². The van der Waals surface area contributed by atoms with Crippen LogP contribution in [0.4, 0.5) is 10.6 Å². The first-order valence-corrected chi connectivity index (χ1v) is 11.4. The van der Waals surface area contributed by atoms with Crippen molar-refractivity contribution in [3.63, 3.8) is 0 Å². The van der Waals surface area contributed by atoms with Crippen molar-refractivity contribution in [3.8, 4) is 0 Å². The van der Waals surface area contributed by atoms with Gasteiger partial charge < -0.3 is 15.0 Å². The van der Waals surface area contributed by atoms with Crippen LogP contribution in [0.5, 0.6) is 0 Å². The molecular formula is C23H28N4O3S. The quantitative estimate of drug-likeness (QED) is 0.694. The molecule has 2 amide bonds. The maximum Gasteiger partial charge on any atom is 0.410 e. The minimum atomic E-state index is -0.522. The highest BCUT2D eigenvalue weighted by atomic mass is 32.2. The Kier molecular flexibility index (Phi) is 7.33. The van der Waals surface area contributed by atoms with E-state index in [1.54, 1.807) is 35.1 Å². The Hall–Kier alpha value is -2.87. The third-order valence-electron chi connectivity index (χ3n) is 4.56. The first-order chi connectivity index (χ1) is 14.7. The Morgan fingerprint density at radius 2 is 1.97 bits per heavy atom. The molecule has 0 bridgehead atoms. The molecule has 1 aliphatic heterocycles. The SMILES string of the molecule is CSc1ccc(NC(=O)Cc2ccc(C3=CCCN(C(=O)OC(C)(C)C)C3)nc2)nc1. The Balaban J connectivity index is 1.57. The van der Waals surface area contributed by atoms with Crippen LogP contribution >= 0.6 is 11.8 Å². The van der Waals surface area contributed by atoms with Crippen molar-refractivity contribution in [3.05, 3.63) is 54.0 Å². The average molecular weight is 441 g/mol. The molecule has 164 valence electrons. The van der Waals surface area contributed by atoms with Gasteiger partial charge in [0.05, 0.1) is 18.7 Å². The van der Waals surface area contributed by atoms with E-state index in [2.05, 4.69) is 21.4 Å². The lowest BCUT2D eigenvalue weighted by Crippen LogP contribution is -2.39. The summed E-state index contributed by atoms with van der Waals surface area (Å²) in [5.41, 5.74) is 2.06. The van der Waals surface area contributed by atoms with Gasteiger partial charge in [-0.25, -0.2) is 9.78 Å². The fourth-order valence-electron chi connectivity index (χ4n) is 3.08. The third kappa shape index (κ3) is 6.82. The number of carbonyl (C=O) groups is 2. The van der Waals surface area contributed by atoms with Crippen molar-refractivity contribution in [1.29, 1.82) is 0 Å². The number of rotatable bonds is 5. The molecule has 3 rings (SSSR count). The molecule has 0 atom stereocenters. The van der Waals surface area contributed by atoms with Crippen molar-refractivity contribution >= 4 is 35.2 Å². The molecule has 8 heteroatoms. The molecule has 3 heterocycles. The fraction of sp³-hybridized carbons (Fsp3) is 0.391. The molecule has 2 aromatic heterocycles. The van der Waals surface area contributed by atoms with E-state index >= 15 is 0 Å². The molecule has 0 aliphatic carbocycles. The van der Waals surface area contributed by atoms with Gasteiger partial charge in [0.25, 0.3) is 0 Å². The van der Waals surface area contributed by atoms with Crippen molar-refractivity contribution in [2.75, 3.05) is 24.7 Å². The summed E-state index contributed by atoms with van der Waals surface area (Å²) < 4.78 is 5.47. The molecule has 1 N–H and O–H groups in total. The van der Waals surface area contributed by atoms with Crippen molar-refractivity contribution in [2.45, 2.75) is 44.1 Å². The topological polar surface area (TPSA) is 84.4 Å². The smallest absolute Gasteiger partial charge is 0.410 e. The summed E-state index contributed by atoms with van der Waals surface area (Å²) in [4.78, 5) is 36.1. The number of hydrogen-bond acceptors (Lipinski definition) is 6. The Labute approximate surface area is 187 Å². The van der Waals surface area contributed by atoms with Crippen LogP contribution in [0.25, 0.3) is 5.57 Å². The van der Waals surface area contributed by atoms with Crippen LogP contribution < -0.4 is 5.32 Å². The number of nitrogens with zero attached hydrogens (tertiary/aromatic N) is 3. The van der Waals surface area contributed by atoms with Crippen LogP contribution in [0.2, 0.25) is 0 Å². The molecule has 0 spiro atoms. The highest BCUT2D eigenvalue weighted by molar-refractivity contribution is 7.98. The van der Waals surface area contributed by atoms with Gasteiger partial charge in [0.1, 0.15) is 11.4 Å². The van der Waals surface area contributed by atoms with Crippen molar-refractivity contribution in [2.24, 2.45) is 0 Å². The molecule has 0 aromatic carbocycles.